The number of ether oxygens (including phenoxy) is 4. The van der Waals surface area contributed by atoms with Crippen molar-refractivity contribution in [2.24, 2.45) is 0 Å². The number of hydrogen-bond acceptors (Lipinski definition) is 6. The van der Waals surface area contributed by atoms with Crippen molar-refractivity contribution in [2.75, 3.05) is 26.4 Å². The second-order valence-corrected chi connectivity index (χ2v) is 7.91. The Kier molecular flexibility index (Phi) is 7.65. The van der Waals surface area contributed by atoms with Crippen LogP contribution in [0.2, 0.25) is 0 Å². The molecule has 0 saturated heterocycles. The van der Waals surface area contributed by atoms with Gasteiger partial charge in [0.2, 0.25) is 0 Å². The van der Waals surface area contributed by atoms with Crippen LogP contribution in [-0.4, -0.2) is 38.3 Å². The average molecular weight is 462 g/mol. The number of fused-ring (bicyclic) bond motifs is 1. The number of hydrogen-bond donors (Lipinski definition) is 1. The molecule has 1 aliphatic heterocycles. The van der Waals surface area contributed by atoms with E-state index in [1.165, 1.54) is 0 Å². The molecule has 1 N–H and O–H groups in total. The largest absolute Gasteiger partial charge is 0.486 e. The fourth-order valence-corrected chi connectivity index (χ4v) is 3.63. The van der Waals surface area contributed by atoms with Crippen LogP contribution in [0.25, 0.3) is 0 Å². The molecule has 3 aromatic rings. The third-order valence-electron chi connectivity index (χ3n) is 5.36. The van der Waals surface area contributed by atoms with Gasteiger partial charge in [-0.1, -0.05) is 54.6 Å². The minimum absolute atomic E-state index is 0.281. The molecule has 1 unspecified atom stereocenters. The molecule has 0 saturated carbocycles. The maximum absolute atomic E-state index is 12.3. The molecule has 0 aliphatic carbocycles. The molecule has 0 radical (unpaired) electrons. The van der Waals surface area contributed by atoms with Gasteiger partial charge in [0.05, 0.1) is 6.04 Å². The zero-order chi connectivity index (χ0) is 23.8. The van der Waals surface area contributed by atoms with Crippen molar-refractivity contribution < 1.29 is 28.5 Å². The number of para-hydroxylation sites is 1. The van der Waals surface area contributed by atoms with Gasteiger partial charge in [-0.25, -0.2) is 4.79 Å². The molecule has 4 rings (SSSR count). The van der Waals surface area contributed by atoms with Crippen LogP contribution in [0.1, 0.15) is 29.7 Å². The Labute approximate surface area is 198 Å². The Balaban J connectivity index is 1.23. The van der Waals surface area contributed by atoms with Crippen molar-refractivity contribution in [1.29, 1.82) is 0 Å². The summed E-state index contributed by atoms with van der Waals surface area (Å²) in [4.78, 5) is 24.4. The number of nitrogens with one attached hydrogen (secondary N) is 1. The number of esters is 1. The maximum Gasteiger partial charge on any atom is 0.344 e. The molecule has 0 bridgehead atoms. The van der Waals surface area contributed by atoms with E-state index in [2.05, 4.69) is 5.32 Å². The van der Waals surface area contributed by atoms with E-state index in [-0.39, 0.29) is 19.3 Å². The van der Waals surface area contributed by atoms with Crippen LogP contribution in [-0.2, 0) is 20.7 Å². The molecular weight excluding hydrogens is 434 g/mol. The van der Waals surface area contributed by atoms with Crippen LogP contribution in [0.15, 0.2) is 72.8 Å². The molecule has 1 atom stereocenters. The molecule has 1 aliphatic rings. The zero-order valence-corrected chi connectivity index (χ0v) is 19.0. The van der Waals surface area contributed by atoms with E-state index in [9.17, 15) is 9.59 Å². The minimum Gasteiger partial charge on any atom is -0.486 e. The zero-order valence-electron chi connectivity index (χ0n) is 19.0. The average Bonchev–Trinajstić information content (AvgIpc) is 2.87. The van der Waals surface area contributed by atoms with Gasteiger partial charge in [-0.05, 0) is 41.8 Å². The lowest BCUT2D eigenvalue weighted by Crippen LogP contribution is -2.32. The molecular formula is C27H27NO6. The van der Waals surface area contributed by atoms with Crippen molar-refractivity contribution >= 4 is 11.9 Å². The Morgan fingerprint density at radius 2 is 1.65 bits per heavy atom. The summed E-state index contributed by atoms with van der Waals surface area (Å²) in [5.74, 6) is 0.936. The molecule has 1 amide bonds. The first kappa shape index (κ1) is 23.2. The number of benzene rings is 3. The lowest BCUT2D eigenvalue weighted by Gasteiger charge is -2.21. The van der Waals surface area contributed by atoms with Crippen molar-refractivity contribution in [3.8, 4) is 17.2 Å². The monoisotopic (exact) mass is 461 g/mol. The van der Waals surface area contributed by atoms with Gasteiger partial charge in [-0.3, -0.25) is 4.79 Å². The maximum atomic E-state index is 12.3. The predicted molar refractivity (Wildman–Crippen MR) is 126 cm³/mol. The van der Waals surface area contributed by atoms with Crippen LogP contribution in [0.4, 0.5) is 0 Å². The highest BCUT2D eigenvalue weighted by atomic mass is 16.6. The Hall–Kier alpha value is -4.00. The summed E-state index contributed by atoms with van der Waals surface area (Å²) in [5.41, 5.74) is 2.97. The normalized spacial score (nSPS) is 13.0. The van der Waals surface area contributed by atoms with E-state index in [4.69, 9.17) is 18.9 Å². The SMILES string of the molecule is CC(NC(=O)COC(=O)COc1ccccc1Cc1ccccc1)c1ccc2c(c1)OCCO2. The summed E-state index contributed by atoms with van der Waals surface area (Å²) >= 11 is 0. The highest BCUT2D eigenvalue weighted by Crippen LogP contribution is 2.32. The summed E-state index contributed by atoms with van der Waals surface area (Å²) in [5, 5.41) is 2.82. The van der Waals surface area contributed by atoms with E-state index < -0.39 is 11.9 Å². The summed E-state index contributed by atoms with van der Waals surface area (Å²) in [6.45, 7) is 2.19. The van der Waals surface area contributed by atoms with Crippen LogP contribution in [0, 0.1) is 0 Å². The second-order valence-electron chi connectivity index (χ2n) is 7.91. The predicted octanol–water partition coefficient (Wildman–Crippen LogP) is 3.85. The van der Waals surface area contributed by atoms with Crippen molar-refractivity contribution in [3.63, 3.8) is 0 Å². The number of carbonyl (C=O) groups excluding carboxylic acids is 2. The van der Waals surface area contributed by atoms with Crippen LogP contribution in [0.5, 0.6) is 17.2 Å². The molecule has 0 fully saturated rings. The quantitative estimate of drug-likeness (QED) is 0.488. The molecule has 176 valence electrons. The topological polar surface area (TPSA) is 83.1 Å². The Bertz CT molecular complexity index is 1130. The molecule has 34 heavy (non-hydrogen) atoms. The van der Waals surface area contributed by atoms with E-state index in [1.807, 2.05) is 79.7 Å². The molecule has 0 spiro atoms. The lowest BCUT2D eigenvalue weighted by molar-refractivity contribution is -0.150. The van der Waals surface area contributed by atoms with Gasteiger partial charge in [0, 0.05) is 6.42 Å². The van der Waals surface area contributed by atoms with E-state index >= 15 is 0 Å². The minimum atomic E-state index is -0.614. The standard InChI is InChI=1S/C27H27NO6/c1-19(21-11-12-24-25(16-21)32-14-13-31-24)28-26(29)17-34-27(30)18-33-23-10-6-5-9-22(23)15-20-7-3-2-4-8-20/h2-12,16,19H,13-15,17-18H2,1H3,(H,28,29). The van der Waals surface area contributed by atoms with Gasteiger partial charge in [0.25, 0.3) is 5.91 Å². The van der Waals surface area contributed by atoms with Crippen molar-refractivity contribution in [3.05, 3.63) is 89.5 Å². The smallest absolute Gasteiger partial charge is 0.344 e. The van der Waals surface area contributed by atoms with Crippen LogP contribution in [0.3, 0.4) is 0 Å². The number of carbonyl (C=O) groups is 2. The molecule has 7 heteroatoms. The first-order chi connectivity index (χ1) is 16.6. The van der Waals surface area contributed by atoms with Gasteiger partial charge in [0.1, 0.15) is 19.0 Å². The van der Waals surface area contributed by atoms with E-state index in [0.717, 1.165) is 16.7 Å². The first-order valence-electron chi connectivity index (χ1n) is 11.2. The summed E-state index contributed by atoms with van der Waals surface area (Å²) in [6, 6.07) is 22.8. The third-order valence-corrected chi connectivity index (χ3v) is 5.36. The first-order valence-corrected chi connectivity index (χ1v) is 11.2. The fourth-order valence-electron chi connectivity index (χ4n) is 3.63. The molecule has 7 nitrogen and oxygen atoms in total. The highest BCUT2D eigenvalue weighted by Gasteiger charge is 2.17. The summed E-state index contributed by atoms with van der Waals surface area (Å²) in [7, 11) is 0. The number of amides is 1. The number of rotatable bonds is 9. The fraction of sp³-hybridized carbons (Fsp3) is 0.259. The molecule has 3 aromatic carbocycles. The summed E-state index contributed by atoms with van der Waals surface area (Å²) < 4.78 is 21.9. The van der Waals surface area contributed by atoms with Gasteiger partial charge < -0.3 is 24.3 Å². The second kappa shape index (κ2) is 11.2. The van der Waals surface area contributed by atoms with Crippen molar-refractivity contribution in [2.45, 2.75) is 19.4 Å². The summed E-state index contributed by atoms with van der Waals surface area (Å²) in [6.07, 6.45) is 0.687. The van der Waals surface area contributed by atoms with Gasteiger partial charge in [-0.2, -0.15) is 0 Å². The van der Waals surface area contributed by atoms with Crippen LogP contribution < -0.4 is 19.5 Å². The molecule has 0 aromatic heterocycles. The third kappa shape index (κ3) is 6.28. The lowest BCUT2D eigenvalue weighted by atomic mass is 10.0. The Morgan fingerprint density at radius 1 is 0.912 bits per heavy atom. The van der Waals surface area contributed by atoms with Crippen LogP contribution >= 0.6 is 0 Å². The van der Waals surface area contributed by atoms with Gasteiger partial charge in [0.15, 0.2) is 24.7 Å². The highest BCUT2D eigenvalue weighted by molar-refractivity contribution is 5.81. The van der Waals surface area contributed by atoms with Gasteiger partial charge in [-0.15, -0.1) is 0 Å². The van der Waals surface area contributed by atoms with Crippen molar-refractivity contribution in [1.82, 2.24) is 5.32 Å². The van der Waals surface area contributed by atoms with Gasteiger partial charge >= 0.3 is 5.97 Å². The van der Waals surface area contributed by atoms with E-state index in [1.54, 1.807) is 0 Å². The molecule has 1 heterocycles. The van der Waals surface area contributed by atoms with E-state index in [0.29, 0.717) is 36.9 Å². The Morgan fingerprint density at radius 3 is 2.47 bits per heavy atom.